The van der Waals surface area contributed by atoms with Crippen molar-refractivity contribution in [1.82, 2.24) is 15.2 Å². The van der Waals surface area contributed by atoms with Gasteiger partial charge in [0.2, 0.25) is 5.91 Å². The number of halogens is 1. The second-order valence-corrected chi connectivity index (χ2v) is 8.70. The summed E-state index contributed by atoms with van der Waals surface area (Å²) in [6.45, 7) is 8.50. The van der Waals surface area contributed by atoms with Gasteiger partial charge in [-0.15, -0.1) is 0 Å². The molecular weight excluding hydrogens is 415 g/mol. The van der Waals surface area contributed by atoms with E-state index >= 15 is 0 Å². The van der Waals surface area contributed by atoms with Gasteiger partial charge < -0.3 is 20.5 Å². The Hall–Kier alpha value is -3.49. The van der Waals surface area contributed by atoms with Gasteiger partial charge in [-0.1, -0.05) is 0 Å². The summed E-state index contributed by atoms with van der Waals surface area (Å²) in [5.41, 5.74) is 1.20. The van der Waals surface area contributed by atoms with Gasteiger partial charge in [0.25, 0.3) is 17.6 Å². The quantitative estimate of drug-likeness (QED) is 0.487. The van der Waals surface area contributed by atoms with Crippen molar-refractivity contribution in [3.8, 4) is 0 Å². The van der Waals surface area contributed by atoms with Gasteiger partial charge in [-0.05, 0) is 63.9 Å². The number of benzene rings is 1. The zero-order valence-electron chi connectivity index (χ0n) is 19.0. The molecule has 1 unspecified atom stereocenters. The lowest BCUT2D eigenvalue weighted by atomic mass is 9.87. The zero-order valence-corrected chi connectivity index (χ0v) is 19.0. The van der Waals surface area contributed by atoms with Crippen molar-refractivity contribution in [3.05, 3.63) is 52.1 Å². The topological polar surface area (TPSA) is 109 Å². The summed E-state index contributed by atoms with van der Waals surface area (Å²) >= 11 is 0. The van der Waals surface area contributed by atoms with Crippen LogP contribution in [0.25, 0.3) is 0 Å². The molecule has 8 nitrogen and oxygen atoms in total. The molecule has 1 saturated heterocycles. The number of rotatable bonds is 5. The molecule has 2 aromatic rings. The zero-order chi connectivity index (χ0) is 24.0. The Balaban J connectivity index is 1.85. The third-order valence-electron chi connectivity index (χ3n) is 6.22. The lowest BCUT2D eigenvalue weighted by Crippen LogP contribution is -2.48. The smallest absolute Gasteiger partial charge is 0.294 e. The lowest BCUT2D eigenvalue weighted by Gasteiger charge is -2.24. The average molecular weight is 442 g/mol. The van der Waals surface area contributed by atoms with Crippen LogP contribution in [0, 0.1) is 32.0 Å². The van der Waals surface area contributed by atoms with Gasteiger partial charge in [-0.2, -0.15) is 0 Å². The van der Waals surface area contributed by atoms with Crippen LogP contribution < -0.4 is 16.0 Å². The number of ketones is 1. The Labute approximate surface area is 185 Å². The Morgan fingerprint density at radius 2 is 1.84 bits per heavy atom. The van der Waals surface area contributed by atoms with Crippen LogP contribution in [0.1, 0.15) is 51.5 Å². The summed E-state index contributed by atoms with van der Waals surface area (Å²) < 4.78 is 15.0. The molecule has 0 saturated carbocycles. The second-order valence-electron chi connectivity index (χ2n) is 8.70. The van der Waals surface area contributed by atoms with Crippen LogP contribution in [-0.2, 0) is 16.6 Å². The fourth-order valence-electron chi connectivity index (χ4n) is 3.95. The van der Waals surface area contributed by atoms with E-state index in [-0.39, 0.29) is 29.5 Å². The van der Waals surface area contributed by atoms with Gasteiger partial charge in [-0.25, -0.2) is 4.39 Å². The highest BCUT2D eigenvalue weighted by Crippen LogP contribution is 2.27. The molecule has 0 aliphatic carbocycles. The summed E-state index contributed by atoms with van der Waals surface area (Å²) in [4.78, 5) is 50.5. The first kappa shape index (κ1) is 23.2. The monoisotopic (exact) mass is 442 g/mol. The van der Waals surface area contributed by atoms with Crippen LogP contribution >= 0.6 is 0 Å². The van der Waals surface area contributed by atoms with Crippen LogP contribution in [0.4, 0.5) is 10.1 Å². The standard InChI is InChI=1S/C23H27FN4O4/c1-11-9-14(7-8-15(11)24)26-20(30)17-12(2)18(28(6)13(17)3)19(29)21(31)27-16-10-25-22(32)23(16,4)5/h7-9,16H,10H2,1-6H3,(H,25,32)(H,26,30)(H,27,31). The lowest BCUT2D eigenvalue weighted by molar-refractivity contribution is -0.127. The number of nitrogens with zero attached hydrogens (tertiary/aromatic N) is 1. The van der Waals surface area contributed by atoms with E-state index in [0.29, 0.717) is 22.5 Å². The van der Waals surface area contributed by atoms with E-state index in [9.17, 15) is 23.6 Å². The van der Waals surface area contributed by atoms with Crippen LogP contribution in [0.3, 0.4) is 0 Å². The van der Waals surface area contributed by atoms with Crippen molar-refractivity contribution in [2.24, 2.45) is 12.5 Å². The summed E-state index contributed by atoms with van der Waals surface area (Å²) in [5, 5.41) is 8.03. The van der Waals surface area contributed by atoms with Gasteiger partial charge in [-0.3, -0.25) is 19.2 Å². The molecule has 2 heterocycles. The maximum Gasteiger partial charge on any atom is 0.294 e. The third-order valence-corrected chi connectivity index (χ3v) is 6.22. The van der Waals surface area contributed by atoms with Gasteiger partial charge >= 0.3 is 0 Å². The number of amides is 3. The molecule has 9 heteroatoms. The van der Waals surface area contributed by atoms with E-state index in [1.165, 1.54) is 22.8 Å². The Kier molecular flexibility index (Phi) is 5.95. The van der Waals surface area contributed by atoms with E-state index in [4.69, 9.17) is 0 Å². The van der Waals surface area contributed by atoms with Crippen LogP contribution in [0.2, 0.25) is 0 Å². The van der Waals surface area contributed by atoms with Gasteiger partial charge in [0.1, 0.15) is 5.82 Å². The molecule has 32 heavy (non-hydrogen) atoms. The summed E-state index contributed by atoms with van der Waals surface area (Å²) in [6.07, 6.45) is 0. The number of carbonyl (C=O) groups excluding carboxylic acids is 4. The molecule has 0 radical (unpaired) electrons. The number of hydrogen-bond donors (Lipinski definition) is 3. The molecule has 170 valence electrons. The SMILES string of the molecule is Cc1cc(NC(=O)c2c(C)c(C(=O)C(=O)NC3CNC(=O)C3(C)C)n(C)c2C)ccc1F. The second kappa shape index (κ2) is 8.22. The van der Waals surface area contributed by atoms with E-state index < -0.39 is 29.1 Å². The maximum atomic E-state index is 13.5. The molecule has 1 aromatic carbocycles. The maximum absolute atomic E-state index is 13.5. The summed E-state index contributed by atoms with van der Waals surface area (Å²) in [7, 11) is 1.60. The molecule has 1 aliphatic rings. The Morgan fingerprint density at radius 3 is 2.41 bits per heavy atom. The molecule has 1 atom stereocenters. The van der Waals surface area contributed by atoms with E-state index in [2.05, 4.69) is 16.0 Å². The van der Waals surface area contributed by atoms with Crippen molar-refractivity contribution in [3.63, 3.8) is 0 Å². The average Bonchev–Trinajstić information content (AvgIpc) is 3.10. The summed E-state index contributed by atoms with van der Waals surface area (Å²) in [6, 6.07) is 3.70. The van der Waals surface area contributed by atoms with Gasteiger partial charge in [0, 0.05) is 25.0 Å². The number of aryl methyl sites for hydroxylation is 1. The Morgan fingerprint density at radius 1 is 1.19 bits per heavy atom. The van der Waals surface area contributed by atoms with Crippen molar-refractivity contribution in [1.29, 1.82) is 0 Å². The first-order valence-electron chi connectivity index (χ1n) is 10.2. The molecular formula is C23H27FN4O4. The molecule has 3 N–H and O–H groups in total. The van der Waals surface area contributed by atoms with Crippen LogP contribution in [0.15, 0.2) is 18.2 Å². The number of hydrogen-bond acceptors (Lipinski definition) is 4. The predicted molar refractivity (Wildman–Crippen MR) is 117 cm³/mol. The summed E-state index contributed by atoms with van der Waals surface area (Å²) in [5.74, 6) is -2.68. The molecule has 1 aliphatic heterocycles. The predicted octanol–water partition coefficient (Wildman–Crippen LogP) is 2.17. The molecule has 3 amide bonds. The number of nitrogens with one attached hydrogen (secondary N) is 3. The number of carbonyl (C=O) groups is 4. The van der Waals surface area contributed by atoms with E-state index in [1.54, 1.807) is 41.7 Å². The minimum Gasteiger partial charge on any atom is -0.353 e. The van der Waals surface area contributed by atoms with Crippen molar-refractivity contribution >= 4 is 29.2 Å². The fraction of sp³-hybridized carbons (Fsp3) is 0.391. The van der Waals surface area contributed by atoms with Crippen LogP contribution in [-0.4, -0.2) is 40.7 Å². The third kappa shape index (κ3) is 3.90. The molecule has 1 aromatic heterocycles. The molecule has 3 rings (SSSR count). The van der Waals surface area contributed by atoms with Crippen molar-refractivity contribution < 1.29 is 23.6 Å². The fourth-order valence-corrected chi connectivity index (χ4v) is 3.95. The first-order valence-corrected chi connectivity index (χ1v) is 10.2. The van der Waals surface area contributed by atoms with Crippen molar-refractivity contribution in [2.75, 3.05) is 11.9 Å². The number of anilines is 1. The van der Waals surface area contributed by atoms with E-state index in [0.717, 1.165) is 0 Å². The minimum absolute atomic E-state index is 0.0931. The first-order chi connectivity index (χ1) is 14.9. The molecule has 1 fully saturated rings. The van der Waals surface area contributed by atoms with Crippen molar-refractivity contribution in [2.45, 2.75) is 40.7 Å². The minimum atomic E-state index is -0.843. The highest BCUT2D eigenvalue weighted by molar-refractivity contribution is 6.43. The highest BCUT2D eigenvalue weighted by atomic mass is 19.1. The largest absolute Gasteiger partial charge is 0.353 e. The van der Waals surface area contributed by atoms with Gasteiger partial charge in [0.15, 0.2) is 0 Å². The molecule has 0 bridgehead atoms. The number of aromatic nitrogens is 1. The normalized spacial score (nSPS) is 17.1. The molecule has 0 spiro atoms. The highest BCUT2D eigenvalue weighted by Gasteiger charge is 2.44. The van der Waals surface area contributed by atoms with E-state index in [1.807, 2.05) is 0 Å². The van der Waals surface area contributed by atoms with Crippen LogP contribution in [0.5, 0.6) is 0 Å². The van der Waals surface area contributed by atoms with Gasteiger partial charge in [0.05, 0.1) is 22.7 Å². The number of Topliss-reactive ketones (excluding diaryl/α,β-unsaturated/α-hetero) is 1. The Bertz CT molecular complexity index is 1150.